The van der Waals surface area contributed by atoms with E-state index in [1.165, 1.54) is 0 Å². The Kier molecular flexibility index (Phi) is 6.84. The number of piperazine rings is 1. The minimum Gasteiger partial charge on any atom is -0.341 e. The maximum Gasteiger partial charge on any atom is 0.226 e. The Hall–Kier alpha value is -1.14. The van der Waals surface area contributed by atoms with Crippen molar-refractivity contribution in [2.45, 2.75) is 27.2 Å². The number of hydrogen-bond donors (Lipinski definition) is 1. The maximum atomic E-state index is 12.5. The van der Waals surface area contributed by atoms with E-state index in [4.69, 9.17) is 0 Å². The molecular formula is C17H32N4O2. The monoisotopic (exact) mass is 324 g/mol. The molecular weight excluding hydrogens is 292 g/mol. The van der Waals surface area contributed by atoms with Gasteiger partial charge in [0.1, 0.15) is 0 Å². The van der Waals surface area contributed by atoms with E-state index in [1.54, 1.807) is 0 Å². The molecule has 0 aromatic heterocycles. The fourth-order valence-corrected chi connectivity index (χ4v) is 3.40. The average molecular weight is 324 g/mol. The molecule has 0 aromatic carbocycles. The number of carbonyl (C=O) groups excluding carboxylic acids is 2. The van der Waals surface area contributed by atoms with Crippen LogP contribution in [-0.2, 0) is 9.59 Å². The van der Waals surface area contributed by atoms with E-state index in [-0.39, 0.29) is 23.7 Å². The van der Waals surface area contributed by atoms with E-state index in [0.29, 0.717) is 0 Å². The quantitative estimate of drug-likeness (QED) is 0.805. The van der Waals surface area contributed by atoms with Crippen molar-refractivity contribution in [1.82, 2.24) is 20.0 Å². The Bertz CT molecular complexity index is 407. The van der Waals surface area contributed by atoms with Crippen molar-refractivity contribution in [3.05, 3.63) is 0 Å². The van der Waals surface area contributed by atoms with Gasteiger partial charge in [0.15, 0.2) is 0 Å². The summed E-state index contributed by atoms with van der Waals surface area (Å²) in [5.74, 6) is 0.609. The first-order valence-electron chi connectivity index (χ1n) is 8.99. The predicted molar refractivity (Wildman–Crippen MR) is 91.1 cm³/mol. The summed E-state index contributed by atoms with van der Waals surface area (Å²) in [6.45, 7) is 13.7. The number of nitrogens with zero attached hydrogens (tertiary/aromatic N) is 3. The van der Waals surface area contributed by atoms with E-state index in [9.17, 15) is 9.59 Å². The molecule has 2 saturated heterocycles. The Morgan fingerprint density at radius 2 is 1.52 bits per heavy atom. The van der Waals surface area contributed by atoms with Crippen LogP contribution in [0.15, 0.2) is 0 Å². The van der Waals surface area contributed by atoms with Gasteiger partial charge >= 0.3 is 0 Å². The summed E-state index contributed by atoms with van der Waals surface area (Å²) in [7, 11) is 0. The van der Waals surface area contributed by atoms with Gasteiger partial charge in [-0.05, 0) is 13.0 Å². The molecule has 1 N–H and O–H groups in total. The van der Waals surface area contributed by atoms with Crippen LogP contribution in [-0.4, -0.2) is 85.4 Å². The highest BCUT2D eigenvalue weighted by atomic mass is 16.2. The molecule has 2 rings (SSSR count). The van der Waals surface area contributed by atoms with Crippen LogP contribution in [0.4, 0.5) is 0 Å². The summed E-state index contributed by atoms with van der Waals surface area (Å²) in [5.41, 5.74) is 0. The lowest BCUT2D eigenvalue weighted by atomic mass is 10.1. The molecule has 132 valence electrons. The SMILES string of the molecule is CC(C)C(=O)N1CCCN(CC(C)C(=O)N2CCNCC2)CC1. The second-order valence-corrected chi connectivity index (χ2v) is 7.11. The van der Waals surface area contributed by atoms with Crippen molar-refractivity contribution in [3.63, 3.8) is 0 Å². The number of carbonyl (C=O) groups is 2. The van der Waals surface area contributed by atoms with Gasteiger partial charge in [0.25, 0.3) is 0 Å². The van der Waals surface area contributed by atoms with Crippen molar-refractivity contribution in [1.29, 1.82) is 0 Å². The van der Waals surface area contributed by atoms with Crippen LogP contribution < -0.4 is 5.32 Å². The molecule has 6 nitrogen and oxygen atoms in total. The molecule has 1 unspecified atom stereocenters. The Balaban J connectivity index is 1.80. The smallest absolute Gasteiger partial charge is 0.226 e. The van der Waals surface area contributed by atoms with Gasteiger partial charge in [-0.1, -0.05) is 20.8 Å². The lowest BCUT2D eigenvalue weighted by Crippen LogP contribution is -2.49. The zero-order chi connectivity index (χ0) is 16.8. The molecule has 2 aliphatic heterocycles. The third kappa shape index (κ3) is 5.18. The van der Waals surface area contributed by atoms with Crippen LogP contribution in [0.2, 0.25) is 0 Å². The van der Waals surface area contributed by atoms with Crippen molar-refractivity contribution in [2.24, 2.45) is 11.8 Å². The predicted octanol–water partition coefficient (Wildman–Crippen LogP) is 0.245. The molecule has 23 heavy (non-hydrogen) atoms. The number of amides is 2. The molecule has 2 fully saturated rings. The number of hydrogen-bond acceptors (Lipinski definition) is 4. The van der Waals surface area contributed by atoms with E-state index in [1.807, 2.05) is 30.6 Å². The molecule has 1 atom stereocenters. The van der Waals surface area contributed by atoms with Gasteiger partial charge in [0.05, 0.1) is 0 Å². The van der Waals surface area contributed by atoms with Crippen LogP contribution >= 0.6 is 0 Å². The molecule has 2 amide bonds. The van der Waals surface area contributed by atoms with Crippen molar-refractivity contribution >= 4 is 11.8 Å². The van der Waals surface area contributed by atoms with Crippen LogP contribution in [0.5, 0.6) is 0 Å². The summed E-state index contributed by atoms with van der Waals surface area (Å²) in [5, 5.41) is 3.28. The number of nitrogens with one attached hydrogen (secondary N) is 1. The molecule has 2 aliphatic rings. The normalized spacial score (nSPS) is 22.1. The van der Waals surface area contributed by atoms with Crippen molar-refractivity contribution < 1.29 is 9.59 Å². The van der Waals surface area contributed by atoms with Gasteiger partial charge in [-0.25, -0.2) is 0 Å². The molecule has 0 spiro atoms. The summed E-state index contributed by atoms with van der Waals surface area (Å²) < 4.78 is 0. The second kappa shape index (κ2) is 8.64. The first kappa shape index (κ1) is 18.2. The zero-order valence-electron chi connectivity index (χ0n) is 14.9. The summed E-state index contributed by atoms with van der Waals surface area (Å²) in [4.78, 5) is 31.0. The zero-order valence-corrected chi connectivity index (χ0v) is 14.9. The van der Waals surface area contributed by atoms with E-state index < -0.39 is 0 Å². The molecule has 0 aromatic rings. The summed E-state index contributed by atoms with van der Waals surface area (Å²) in [6, 6.07) is 0. The second-order valence-electron chi connectivity index (χ2n) is 7.11. The van der Waals surface area contributed by atoms with Crippen molar-refractivity contribution in [3.8, 4) is 0 Å². The third-order valence-electron chi connectivity index (χ3n) is 4.78. The highest BCUT2D eigenvalue weighted by Gasteiger charge is 2.26. The van der Waals surface area contributed by atoms with Gasteiger partial charge in [-0.2, -0.15) is 0 Å². The van der Waals surface area contributed by atoms with Gasteiger partial charge in [-0.15, -0.1) is 0 Å². The highest BCUT2D eigenvalue weighted by Crippen LogP contribution is 2.11. The fourth-order valence-electron chi connectivity index (χ4n) is 3.40. The van der Waals surface area contributed by atoms with Crippen LogP contribution in [0.25, 0.3) is 0 Å². The van der Waals surface area contributed by atoms with E-state index in [0.717, 1.165) is 65.3 Å². The first-order chi connectivity index (χ1) is 11.0. The van der Waals surface area contributed by atoms with Crippen molar-refractivity contribution in [2.75, 3.05) is 58.9 Å². The minimum atomic E-state index is 0.0282. The van der Waals surface area contributed by atoms with Crippen LogP contribution in [0.1, 0.15) is 27.2 Å². The number of rotatable bonds is 4. The topological polar surface area (TPSA) is 55.9 Å². The van der Waals surface area contributed by atoms with Crippen LogP contribution in [0.3, 0.4) is 0 Å². The Morgan fingerprint density at radius 3 is 2.17 bits per heavy atom. The van der Waals surface area contributed by atoms with Gasteiger partial charge in [0.2, 0.25) is 11.8 Å². The van der Waals surface area contributed by atoms with E-state index >= 15 is 0 Å². The molecule has 2 heterocycles. The lowest BCUT2D eigenvalue weighted by Gasteiger charge is -2.31. The molecule has 6 heteroatoms. The molecule has 0 radical (unpaired) electrons. The van der Waals surface area contributed by atoms with Gasteiger partial charge < -0.3 is 20.0 Å². The minimum absolute atomic E-state index is 0.0282. The average Bonchev–Trinajstić information content (AvgIpc) is 2.79. The molecule has 0 saturated carbocycles. The standard InChI is InChI=1S/C17H32N4O2/c1-14(2)16(22)20-8-4-7-19(11-12-20)13-15(3)17(23)21-9-5-18-6-10-21/h14-15,18H,4-13H2,1-3H3. The third-order valence-corrected chi connectivity index (χ3v) is 4.78. The van der Waals surface area contributed by atoms with Gasteiger partial charge in [-0.3, -0.25) is 9.59 Å². The molecule has 0 bridgehead atoms. The summed E-state index contributed by atoms with van der Waals surface area (Å²) >= 11 is 0. The Morgan fingerprint density at radius 1 is 0.870 bits per heavy atom. The lowest BCUT2D eigenvalue weighted by molar-refractivity contribution is -0.136. The Labute approximate surface area is 140 Å². The molecule has 0 aliphatic carbocycles. The van der Waals surface area contributed by atoms with Crippen LogP contribution in [0, 0.1) is 11.8 Å². The van der Waals surface area contributed by atoms with Gasteiger partial charge in [0, 0.05) is 64.2 Å². The van der Waals surface area contributed by atoms with E-state index in [2.05, 4.69) is 10.2 Å². The fraction of sp³-hybridized carbons (Fsp3) is 0.882. The highest BCUT2D eigenvalue weighted by molar-refractivity contribution is 5.79. The summed E-state index contributed by atoms with van der Waals surface area (Å²) in [6.07, 6.45) is 0.993. The maximum absolute atomic E-state index is 12.5. The largest absolute Gasteiger partial charge is 0.341 e. The first-order valence-corrected chi connectivity index (χ1v) is 8.99.